The molecular weight excluding hydrogens is 206 g/mol. The van der Waals surface area contributed by atoms with Gasteiger partial charge in [-0.3, -0.25) is 0 Å². The lowest BCUT2D eigenvalue weighted by Gasteiger charge is -2.19. The minimum atomic E-state index is 0.651. The molecule has 1 N–H and O–H groups in total. The quantitative estimate of drug-likeness (QED) is 0.820. The fourth-order valence-electron chi connectivity index (χ4n) is 2.14. The van der Waals surface area contributed by atoms with Gasteiger partial charge < -0.3 is 5.32 Å². The molecule has 0 aromatic heterocycles. The first-order chi connectivity index (χ1) is 7.27. The zero-order chi connectivity index (χ0) is 10.7. The van der Waals surface area contributed by atoms with Crippen molar-refractivity contribution in [1.29, 1.82) is 0 Å². The average molecular weight is 222 g/mol. The normalized spacial score (nSPS) is 14.5. The molecule has 0 bridgehead atoms. The van der Waals surface area contributed by atoms with Crippen molar-refractivity contribution in [2.75, 3.05) is 11.9 Å². The fourth-order valence-corrected chi connectivity index (χ4v) is 2.20. The van der Waals surface area contributed by atoms with Gasteiger partial charge in [0.25, 0.3) is 0 Å². The van der Waals surface area contributed by atoms with E-state index in [1.807, 2.05) is 0 Å². The number of rotatable bonds is 3. The van der Waals surface area contributed by atoms with E-state index < -0.39 is 0 Å². The zero-order valence-corrected chi connectivity index (χ0v) is 9.61. The molecular formula is C13H16ClN. The maximum Gasteiger partial charge on any atom is 0.0502 e. The Balaban J connectivity index is 2.19. The summed E-state index contributed by atoms with van der Waals surface area (Å²) >= 11 is 5.75. The van der Waals surface area contributed by atoms with Crippen LogP contribution in [0.15, 0.2) is 29.8 Å². The van der Waals surface area contributed by atoms with Gasteiger partial charge in [-0.05, 0) is 42.9 Å². The van der Waals surface area contributed by atoms with Gasteiger partial charge in [0.2, 0.25) is 0 Å². The summed E-state index contributed by atoms with van der Waals surface area (Å²) in [6.07, 6.45) is 5.02. The van der Waals surface area contributed by atoms with Gasteiger partial charge in [0, 0.05) is 10.7 Å². The van der Waals surface area contributed by atoms with Crippen molar-refractivity contribution in [1.82, 2.24) is 0 Å². The number of hydrogen-bond acceptors (Lipinski definition) is 1. The molecule has 0 heterocycles. The molecule has 0 atom stereocenters. The predicted octanol–water partition coefficient (Wildman–Crippen LogP) is 3.73. The molecule has 1 aromatic carbocycles. The van der Waals surface area contributed by atoms with Crippen molar-refractivity contribution in [3.63, 3.8) is 0 Å². The summed E-state index contributed by atoms with van der Waals surface area (Å²) in [5, 5.41) is 4.00. The fraction of sp³-hybridized carbons (Fsp3) is 0.385. The molecule has 0 saturated carbocycles. The molecule has 2 rings (SSSR count). The molecule has 0 aliphatic heterocycles. The summed E-state index contributed by atoms with van der Waals surface area (Å²) in [6, 6.07) is 6.47. The van der Waals surface area contributed by atoms with Crippen LogP contribution in [0.25, 0.3) is 0 Å². The first-order valence-electron chi connectivity index (χ1n) is 5.45. The van der Waals surface area contributed by atoms with Gasteiger partial charge in [0.15, 0.2) is 0 Å². The Hall–Kier alpha value is -0.950. The second kappa shape index (κ2) is 4.71. The SMILES string of the molecule is C=C(Cl)CNc1cccc2c1CCCC2. The zero-order valence-electron chi connectivity index (χ0n) is 8.85. The van der Waals surface area contributed by atoms with E-state index in [4.69, 9.17) is 11.6 Å². The second-order valence-corrected chi connectivity index (χ2v) is 4.56. The largest absolute Gasteiger partial charge is 0.380 e. The van der Waals surface area contributed by atoms with Gasteiger partial charge in [-0.1, -0.05) is 30.3 Å². The number of anilines is 1. The Morgan fingerprint density at radius 2 is 2.13 bits per heavy atom. The number of benzene rings is 1. The molecule has 0 spiro atoms. The van der Waals surface area contributed by atoms with Crippen LogP contribution < -0.4 is 5.32 Å². The van der Waals surface area contributed by atoms with E-state index in [2.05, 4.69) is 30.1 Å². The van der Waals surface area contributed by atoms with Gasteiger partial charge in [-0.25, -0.2) is 0 Å². The van der Waals surface area contributed by atoms with Crippen molar-refractivity contribution in [2.45, 2.75) is 25.7 Å². The second-order valence-electron chi connectivity index (χ2n) is 4.02. The van der Waals surface area contributed by atoms with Crippen molar-refractivity contribution >= 4 is 17.3 Å². The lowest BCUT2D eigenvalue weighted by atomic mass is 9.90. The average Bonchev–Trinajstić information content (AvgIpc) is 2.26. The first kappa shape index (κ1) is 10.6. The minimum absolute atomic E-state index is 0.651. The summed E-state index contributed by atoms with van der Waals surface area (Å²) in [7, 11) is 0. The van der Waals surface area contributed by atoms with Crippen LogP contribution in [-0.2, 0) is 12.8 Å². The molecule has 0 unspecified atom stereocenters. The molecule has 15 heavy (non-hydrogen) atoms. The number of nitrogens with one attached hydrogen (secondary N) is 1. The van der Waals surface area contributed by atoms with Gasteiger partial charge >= 0.3 is 0 Å². The standard InChI is InChI=1S/C13H16ClN/c1-10(14)9-15-13-8-4-6-11-5-2-3-7-12(11)13/h4,6,8,15H,1-3,5,7,9H2. The Morgan fingerprint density at radius 3 is 2.93 bits per heavy atom. The summed E-state index contributed by atoms with van der Waals surface area (Å²) in [4.78, 5) is 0. The molecule has 0 saturated heterocycles. The third kappa shape index (κ3) is 2.54. The highest BCUT2D eigenvalue weighted by molar-refractivity contribution is 6.29. The van der Waals surface area contributed by atoms with Gasteiger partial charge in [0.05, 0.1) is 6.54 Å². The summed E-state index contributed by atoms with van der Waals surface area (Å²) in [6.45, 7) is 4.34. The smallest absolute Gasteiger partial charge is 0.0502 e. The number of halogens is 1. The van der Waals surface area contributed by atoms with Crippen LogP contribution in [0.1, 0.15) is 24.0 Å². The van der Waals surface area contributed by atoms with Crippen LogP contribution in [0.5, 0.6) is 0 Å². The number of aryl methyl sites for hydroxylation is 1. The van der Waals surface area contributed by atoms with Gasteiger partial charge in [-0.2, -0.15) is 0 Å². The van der Waals surface area contributed by atoms with E-state index in [0.29, 0.717) is 11.6 Å². The lowest BCUT2D eigenvalue weighted by molar-refractivity contribution is 0.686. The maximum absolute atomic E-state index is 5.75. The highest BCUT2D eigenvalue weighted by atomic mass is 35.5. The van der Waals surface area contributed by atoms with Crippen LogP contribution in [0, 0.1) is 0 Å². The highest BCUT2D eigenvalue weighted by Gasteiger charge is 2.12. The van der Waals surface area contributed by atoms with E-state index >= 15 is 0 Å². The topological polar surface area (TPSA) is 12.0 Å². The Bertz CT molecular complexity index is 371. The molecule has 0 amide bonds. The van der Waals surface area contributed by atoms with Gasteiger partial charge in [0.1, 0.15) is 0 Å². The van der Waals surface area contributed by atoms with Crippen LogP contribution in [0.2, 0.25) is 0 Å². The Kier molecular flexibility index (Phi) is 3.32. The van der Waals surface area contributed by atoms with Crippen LogP contribution >= 0.6 is 11.6 Å². The van der Waals surface area contributed by atoms with E-state index in [-0.39, 0.29) is 0 Å². The lowest BCUT2D eigenvalue weighted by Crippen LogP contribution is -2.09. The van der Waals surface area contributed by atoms with Crippen LogP contribution in [-0.4, -0.2) is 6.54 Å². The van der Waals surface area contributed by atoms with Crippen molar-refractivity contribution in [2.24, 2.45) is 0 Å². The Morgan fingerprint density at radius 1 is 1.33 bits per heavy atom. The van der Waals surface area contributed by atoms with E-state index in [1.165, 1.54) is 42.5 Å². The summed E-state index contributed by atoms with van der Waals surface area (Å²) in [5.41, 5.74) is 4.20. The van der Waals surface area contributed by atoms with Crippen molar-refractivity contribution < 1.29 is 0 Å². The third-order valence-electron chi connectivity index (χ3n) is 2.87. The van der Waals surface area contributed by atoms with Gasteiger partial charge in [-0.15, -0.1) is 0 Å². The Labute approximate surface area is 96.1 Å². The van der Waals surface area contributed by atoms with Crippen LogP contribution in [0.3, 0.4) is 0 Å². The number of fused-ring (bicyclic) bond motifs is 1. The maximum atomic E-state index is 5.75. The van der Waals surface area contributed by atoms with E-state index in [0.717, 1.165) is 0 Å². The first-order valence-corrected chi connectivity index (χ1v) is 5.83. The molecule has 2 heteroatoms. The summed E-state index contributed by atoms with van der Waals surface area (Å²) in [5.74, 6) is 0. The molecule has 0 fully saturated rings. The molecule has 80 valence electrons. The summed E-state index contributed by atoms with van der Waals surface area (Å²) < 4.78 is 0. The van der Waals surface area contributed by atoms with Crippen molar-refractivity contribution in [3.05, 3.63) is 40.9 Å². The van der Waals surface area contributed by atoms with Crippen LogP contribution in [0.4, 0.5) is 5.69 Å². The van der Waals surface area contributed by atoms with E-state index in [1.54, 1.807) is 0 Å². The monoisotopic (exact) mass is 221 g/mol. The van der Waals surface area contributed by atoms with E-state index in [9.17, 15) is 0 Å². The predicted molar refractivity (Wildman–Crippen MR) is 66.6 cm³/mol. The number of hydrogen-bond donors (Lipinski definition) is 1. The minimum Gasteiger partial charge on any atom is -0.380 e. The highest BCUT2D eigenvalue weighted by Crippen LogP contribution is 2.27. The third-order valence-corrected chi connectivity index (χ3v) is 3.00. The molecule has 0 radical (unpaired) electrons. The molecule has 1 aliphatic rings. The molecule has 1 aromatic rings. The molecule has 1 nitrogen and oxygen atoms in total. The van der Waals surface area contributed by atoms with Crippen molar-refractivity contribution in [3.8, 4) is 0 Å². The molecule has 1 aliphatic carbocycles.